The molecule has 1 fully saturated rings. The first-order valence-corrected chi connectivity index (χ1v) is 9.46. The number of hydrogen-bond acceptors (Lipinski definition) is 3. The van der Waals surface area contributed by atoms with Gasteiger partial charge in [-0.15, -0.1) is 0 Å². The second-order valence-electron chi connectivity index (χ2n) is 7.27. The molecular formula is C22H29N3O. The summed E-state index contributed by atoms with van der Waals surface area (Å²) in [7, 11) is 4.13. The molecule has 138 valence electrons. The Kier molecular flexibility index (Phi) is 6.29. The molecule has 0 aliphatic carbocycles. The molecule has 0 spiro atoms. The zero-order valence-corrected chi connectivity index (χ0v) is 15.8. The highest BCUT2D eigenvalue weighted by Crippen LogP contribution is 2.15. The highest BCUT2D eigenvalue weighted by atomic mass is 16.1. The predicted octanol–water partition coefficient (Wildman–Crippen LogP) is 3.19. The minimum absolute atomic E-state index is 0.0463. The zero-order valence-electron chi connectivity index (χ0n) is 15.8. The summed E-state index contributed by atoms with van der Waals surface area (Å²) in [5, 5.41) is 3.18. The maximum Gasteiger partial charge on any atom is 0.251 e. The summed E-state index contributed by atoms with van der Waals surface area (Å²) in [6, 6.07) is 18.6. The molecule has 1 heterocycles. The van der Waals surface area contributed by atoms with Crippen LogP contribution in [0.15, 0.2) is 54.6 Å². The number of hydrogen-bond donors (Lipinski definition) is 1. The Bertz CT molecular complexity index is 689. The molecule has 0 saturated carbocycles. The molecule has 4 heteroatoms. The lowest BCUT2D eigenvalue weighted by atomic mass is 10.0. The Balaban J connectivity index is 1.40. The summed E-state index contributed by atoms with van der Waals surface area (Å²) >= 11 is 0. The van der Waals surface area contributed by atoms with Gasteiger partial charge in [0.1, 0.15) is 0 Å². The average molecular weight is 351 g/mol. The Labute approximate surface area is 156 Å². The van der Waals surface area contributed by atoms with Crippen molar-refractivity contribution in [3.8, 4) is 0 Å². The highest BCUT2D eigenvalue weighted by Gasteiger charge is 2.20. The van der Waals surface area contributed by atoms with Gasteiger partial charge in [-0.05, 0) is 49.1 Å². The minimum atomic E-state index is 0.0463. The third kappa shape index (κ3) is 5.09. The fourth-order valence-corrected chi connectivity index (χ4v) is 3.41. The third-order valence-electron chi connectivity index (χ3n) is 5.13. The van der Waals surface area contributed by atoms with Crippen molar-refractivity contribution in [1.82, 2.24) is 10.2 Å². The fourth-order valence-electron chi connectivity index (χ4n) is 3.41. The van der Waals surface area contributed by atoms with Crippen molar-refractivity contribution in [3.63, 3.8) is 0 Å². The average Bonchev–Trinajstić information content (AvgIpc) is 2.68. The summed E-state index contributed by atoms with van der Waals surface area (Å²) in [5.74, 6) is 0.0463. The lowest BCUT2D eigenvalue weighted by Gasteiger charge is -2.32. The molecule has 0 aromatic heterocycles. The standard InChI is InChI=1S/C22H29N3O/c1-24(2)21-10-8-18(9-11-21)12-15-25-16-13-20(14-17-25)23-22(26)19-6-4-3-5-7-19/h3-11,20H,12-17H2,1-2H3,(H,23,26). The molecule has 1 saturated heterocycles. The summed E-state index contributed by atoms with van der Waals surface area (Å²) in [5.41, 5.74) is 3.37. The largest absolute Gasteiger partial charge is 0.378 e. The van der Waals surface area contributed by atoms with E-state index in [1.807, 2.05) is 30.3 Å². The van der Waals surface area contributed by atoms with Gasteiger partial charge in [0.25, 0.3) is 5.91 Å². The molecule has 1 amide bonds. The smallest absolute Gasteiger partial charge is 0.251 e. The van der Waals surface area contributed by atoms with E-state index in [2.05, 4.69) is 53.5 Å². The quantitative estimate of drug-likeness (QED) is 0.868. The van der Waals surface area contributed by atoms with E-state index >= 15 is 0 Å². The lowest BCUT2D eigenvalue weighted by Crippen LogP contribution is -2.45. The Morgan fingerprint density at radius 2 is 1.69 bits per heavy atom. The van der Waals surface area contributed by atoms with Crippen molar-refractivity contribution in [3.05, 3.63) is 65.7 Å². The number of nitrogens with one attached hydrogen (secondary N) is 1. The van der Waals surface area contributed by atoms with Gasteiger partial charge in [-0.25, -0.2) is 0 Å². The number of piperidine rings is 1. The van der Waals surface area contributed by atoms with Crippen LogP contribution < -0.4 is 10.2 Å². The van der Waals surface area contributed by atoms with Gasteiger partial charge in [0.05, 0.1) is 0 Å². The van der Waals surface area contributed by atoms with Crippen molar-refractivity contribution < 1.29 is 4.79 Å². The molecule has 0 atom stereocenters. The number of benzene rings is 2. The van der Waals surface area contributed by atoms with Crippen LogP contribution in [0.3, 0.4) is 0 Å². The first kappa shape index (κ1) is 18.5. The van der Waals surface area contributed by atoms with Gasteiger partial charge in [0.15, 0.2) is 0 Å². The molecule has 4 nitrogen and oxygen atoms in total. The number of amides is 1. The first-order valence-electron chi connectivity index (χ1n) is 9.46. The van der Waals surface area contributed by atoms with Crippen LogP contribution in [-0.2, 0) is 6.42 Å². The monoisotopic (exact) mass is 351 g/mol. The van der Waals surface area contributed by atoms with E-state index in [0.717, 1.165) is 44.5 Å². The van der Waals surface area contributed by atoms with Crippen molar-refractivity contribution in [2.24, 2.45) is 0 Å². The summed E-state index contributed by atoms with van der Waals surface area (Å²) < 4.78 is 0. The molecule has 1 N–H and O–H groups in total. The van der Waals surface area contributed by atoms with E-state index < -0.39 is 0 Å². The van der Waals surface area contributed by atoms with Crippen molar-refractivity contribution in [1.29, 1.82) is 0 Å². The van der Waals surface area contributed by atoms with Gasteiger partial charge in [-0.2, -0.15) is 0 Å². The Hall–Kier alpha value is -2.33. The molecule has 1 aliphatic heterocycles. The van der Waals surface area contributed by atoms with Crippen LogP contribution in [0.1, 0.15) is 28.8 Å². The second kappa shape index (κ2) is 8.86. The number of nitrogens with zero attached hydrogens (tertiary/aromatic N) is 2. The molecule has 2 aromatic carbocycles. The van der Waals surface area contributed by atoms with E-state index in [-0.39, 0.29) is 5.91 Å². The van der Waals surface area contributed by atoms with Crippen LogP contribution in [0.4, 0.5) is 5.69 Å². The van der Waals surface area contributed by atoms with Crippen LogP contribution in [0.25, 0.3) is 0 Å². The van der Waals surface area contributed by atoms with Gasteiger partial charge in [-0.3, -0.25) is 4.79 Å². The Morgan fingerprint density at radius 3 is 2.31 bits per heavy atom. The van der Waals surface area contributed by atoms with Gasteiger partial charge in [0, 0.05) is 51.0 Å². The van der Waals surface area contributed by atoms with Crippen LogP contribution in [0.5, 0.6) is 0 Å². The molecule has 0 bridgehead atoms. The summed E-state index contributed by atoms with van der Waals surface area (Å²) in [6.45, 7) is 3.19. The Morgan fingerprint density at radius 1 is 1.04 bits per heavy atom. The summed E-state index contributed by atoms with van der Waals surface area (Å²) in [6.07, 6.45) is 3.13. The van der Waals surface area contributed by atoms with Gasteiger partial charge >= 0.3 is 0 Å². The highest BCUT2D eigenvalue weighted by molar-refractivity contribution is 5.94. The van der Waals surface area contributed by atoms with E-state index in [9.17, 15) is 4.79 Å². The summed E-state index contributed by atoms with van der Waals surface area (Å²) in [4.78, 5) is 16.9. The van der Waals surface area contributed by atoms with Crippen LogP contribution in [0.2, 0.25) is 0 Å². The van der Waals surface area contributed by atoms with Gasteiger partial charge < -0.3 is 15.1 Å². The molecule has 0 radical (unpaired) electrons. The number of carbonyl (C=O) groups excluding carboxylic acids is 1. The van der Waals surface area contributed by atoms with Crippen molar-refractivity contribution in [2.45, 2.75) is 25.3 Å². The van der Waals surface area contributed by atoms with E-state index in [1.165, 1.54) is 11.3 Å². The number of likely N-dealkylation sites (tertiary alicyclic amines) is 1. The molecule has 0 unspecified atom stereocenters. The SMILES string of the molecule is CN(C)c1ccc(CCN2CCC(NC(=O)c3ccccc3)CC2)cc1. The molecule has 1 aliphatic rings. The number of carbonyl (C=O) groups is 1. The van der Waals surface area contributed by atoms with E-state index in [0.29, 0.717) is 6.04 Å². The molecule has 26 heavy (non-hydrogen) atoms. The van der Waals surface area contributed by atoms with E-state index in [1.54, 1.807) is 0 Å². The third-order valence-corrected chi connectivity index (χ3v) is 5.13. The van der Waals surface area contributed by atoms with Crippen LogP contribution in [-0.4, -0.2) is 50.6 Å². The number of anilines is 1. The van der Waals surface area contributed by atoms with Crippen LogP contribution in [0, 0.1) is 0 Å². The molecule has 2 aromatic rings. The maximum absolute atomic E-state index is 12.3. The van der Waals surface area contributed by atoms with Gasteiger partial charge in [0.2, 0.25) is 0 Å². The fraction of sp³-hybridized carbons (Fsp3) is 0.409. The zero-order chi connectivity index (χ0) is 18.4. The minimum Gasteiger partial charge on any atom is -0.378 e. The lowest BCUT2D eigenvalue weighted by molar-refractivity contribution is 0.0911. The number of rotatable bonds is 6. The van der Waals surface area contributed by atoms with Crippen molar-refractivity contribution >= 4 is 11.6 Å². The van der Waals surface area contributed by atoms with Crippen molar-refractivity contribution in [2.75, 3.05) is 38.6 Å². The maximum atomic E-state index is 12.3. The van der Waals surface area contributed by atoms with Gasteiger partial charge in [-0.1, -0.05) is 30.3 Å². The van der Waals surface area contributed by atoms with Crippen LogP contribution >= 0.6 is 0 Å². The molecule has 3 rings (SSSR count). The van der Waals surface area contributed by atoms with E-state index in [4.69, 9.17) is 0 Å². The topological polar surface area (TPSA) is 35.6 Å². The first-order chi connectivity index (χ1) is 12.6. The normalized spacial score (nSPS) is 15.6. The second-order valence-corrected chi connectivity index (χ2v) is 7.27. The predicted molar refractivity (Wildman–Crippen MR) is 108 cm³/mol. The molecular weight excluding hydrogens is 322 g/mol.